The molecular weight excluding hydrogens is 254 g/mol. The Morgan fingerprint density at radius 1 is 1.55 bits per heavy atom. The number of nitriles is 1. The van der Waals surface area contributed by atoms with Gasteiger partial charge in [-0.3, -0.25) is 9.48 Å². The Morgan fingerprint density at radius 2 is 2.30 bits per heavy atom. The second-order valence-electron chi connectivity index (χ2n) is 4.47. The van der Waals surface area contributed by atoms with E-state index < -0.39 is 0 Å². The third-order valence-corrected chi connectivity index (χ3v) is 2.99. The molecule has 3 N–H and O–H groups in total. The maximum absolute atomic E-state index is 12.1. The smallest absolute Gasteiger partial charge is 0.271 e. The first-order chi connectivity index (χ1) is 9.52. The first-order valence-corrected chi connectivity index (χ1v) is 6.09. The lowest BCUT2D eigenvalue weighted by Gasteiger charge is -2.06. The van der Waals surface area contributed by atoms with Gasteiger partial charge in [0, 0.05) is 13.6 Å². The summed E-state index contributed by atoms with van der Waals surface area (Å²) in [6.07, 6.45) is 0. The molecule has 6 nitrogen and oxygen atoms in total. The van der Waals surface area contributed by atoms with E-state index >= 15 is 0 Å². The number of hydrogen-bond donors (Lipinski definition) is 2. The van der Waals surface area contributed by atoms with Crippen molar-refractivity contribution >= 4 is 11.6 Å². The van der Waals surface area contributed by atoms with Gasteiger partial charge in [0.15, 0.2) is 0 Å². The molecule has 2 aromatic rings. The summed E-state index contributed by atoms with van der Waals surface area (Å²) >= 11 is 0. The molecule has 0 unspecified atom stereocenters. The van der Waals surface area contributed by atoms with E-state index in [2.05, 4.69) is 16.5 Å². The average molecular weight is 269 g/mol. The monoisotopic (exact) mass is 269 g/mol. The summed E-state index contributed by atoms with van der Waals surface area (Å²) in [5.41, 5.74) is 8.61. The van der Waals surface area contributed by atoms with E-state index in [0.717, 1.165) is 5.56 Å². The standard InChI is InChI=1S/C14H15N5O/c1-9-12(16)13(19(2)18-9)14(20)17-8-11-5-3-4-10(6-11)7-15/h3-6H,8,16H2,1-2H3,(H,17,20). The van der Waals surface area contributed by atoms with Crippen LogP contribution in [0.25, 0.3) is 0 Å². The van der Waals surface area contributed by atoms with Crippen molar-refractivity contribution in [1.82, 2.24) is 15.1 Å². The molecule has 0 fully saturated rings. The lowest BCUT2D eigenvalue weighted by molar-refractivity contribution is 0.0942. The largest absolute Gasteiger partial charge is 0.395 e. The van der Waals surface area contributed by atoms with E-state index in [0.29, 0.717) is 29.2 Å². The van der Waals surface area contributed by atoms with Gasteiger partial charge in [-0.15, -0.1) is 0 Å². The van der Waals surface area contributed by atoms with Crippen molar-refractivity contribution in [2.45, 2.75) is 13.5 Å². The van der Waals surface area contributed by atoms with Crippen LogP contribution in [0, 0.1) is 18.3 Å². The van der Waals surface area contributed by atoms with E-state index in [4.69, 9.17) is 11.0 Å². The molecule has 1 amide bonds. The molecule has 0 atom stereocenters. The second kappa shape index (κ2) is 5.45. The van der Waals surface area contributed by atoms with Gasteiger partial charge in [-0.2, -0.15) is 10.4 Å². The zero-order valence-electron chi connectivity index (χ0n) is 11.3. The molecule has 0 aliphatic rings. The molecular formula is C14H15N5O. The summed E-state index contributed by atoms with van der Waals surface area (Å²) in [5, 5.41) is 15.7. The SMILES string of the molecule is Cc1nn(C)c(C(=O)NCc2cccc(C#N)c2)c1N. The van der Waals surface area contributed by atoms with Gasteiger partial charge >= 0.3 is 0 Å². The minimum Gasteiger partial charge on any atom is -0.395 e. The van der Waals surface area contributed by atoms with E-state index in [1.807, 2.05) is 6.07 Å². The van der Waals surface area contributed by atoms with Crippen LogP contribution in [-0.4, -0.2) is 15.7 Å². The van der Waals surface area contributed by atoms with Crippen molar-refractivity contribution in [3.63, 3.8) is 0 Å². The molecule has 20 heavy (non-hydrogen) atoms. The number of nitrogens with two attached hydrogens (primary N) is 1. The molecule has 102 valence electrons. The molecule has 0 spiro atoms. The van der Waals surface area contributed by atoms with Crippen LogP contribution in [0.4, 0.5) is 5.69 Å². The van der Waals surface area contributed by atoms with Gasteiger partial charge in [-0.05, 0) is 24.6 Å². The highest BCUT2D eigenvalue weighted by Crippen LogP contribution is 2.15. The lowest BCUT2D eigenvalue weighted by atomic mass is 10.1. The maximum Gasteiger partial charge on any atom is 0.271 e. The Hall–Kier alpha value is -2.81. The first kappa shape index (κ1) is 13.6. The average Bonchev–Trinajstić information content (AvgIpc) is 2.70. The fourth-order valence-corrected chi connectivity index (χ4v) is 1.96. The highest BCUT2D eigenvalue weighted by molar-refractivity contribution is 5.97. The number of nitrogens with one attached hydrogen (secondary N) is 1. The van der Waals surface area contributed by atoms with Crippen LogP contribution >= 0.6 is 0 Å². The Bertz CT molecular complexity index is 696. The van der Waals surface area contributed by atoms with Crippen LogP contribution in [0.15, 0.2) is 24.3 Å². The van der Waals surface area contributed by atoms with Crippen LogP contribution in [0.5, 0.6) is 0 Å². The number of carbonyl (C=O) groups is 1. The molecule has 6 heteroatoms. The highest BCUT2D eigenvalue weighted by atomic mass is 16.2. The molecule has 1 aromatic carbocycles. The number of aryl methyl sites for hydroxylation is 2. The van der Waals surface area contributed by atoms with Gasteiger partial charge in [0.1, 0.15) is 5.69 Å². The van der Waals surface area contributed by atoms with Crippen molar-refractivity contribution in [3.8, 4) is 6.07 Å². The maximum atomic E-state index is 12.1. The number of hydrogen-bond acceptors (Lipinski definition) is 4. The van der Waals surface area contributed by atoms with E-state index in [1.54, 1.807) is 32.2 Å². The second-order valence-corrected chi connectivity index (χ2v) is 4.47. The predicted octanol–water partition coefficient (Wildman–Crippen LogP) is 1.11. The van der Waals surface area contributed by atoms with Gasteiger partial charge in [-0.1, -0.05) is 12.1 Å². The summed E-state index contributed by atoms with van der Waals surface area (Å²) in [4.78, 5) is 12.1. The number of carbonyl (C=O) groups excluding carboxylic acids is 1. The van der Waals surface area contributed by atoms with Crippen molar-refractivity contribution in [2.75, 3.05) is 5.73 Å². The fourth-order valence-electron chi connectivity index (χ4n) is 1.96. The molecule has 0 bridgehead atoms. The lowest BCUT2D eigenvalue weighted by Crippen LogP contribution is -2.26. The van der Waals surface area contributed by atoms with Crippen molar-refractivity contribution < 1.29 is 4.79 Å². The Labute approximate surface area is 116 Å². The quantitative estimate of drug-likeness (QED) is 0.872. The third-order valence-electron chi connectivity index (χ3n) is 2.99. The number of rotatable bonds is 3. The zero-order valence-corrected chi connectivity index (χ0v) is 11.3. The summed E-state index contributed by atoms with van der Waals surface area (Å²) in [5.74, 6) is -0.284. The summed E-state index contributed by atoms with van der Waals surface area (Å²) < 4.78 is 1.46. The fraction of sp³-hybridized carbons (Fsp3) is 0.214. The van der Waals surface area contributed by atoms with Crippen LogP contribution in [0.3, 0.4) is 0 Å². The van der Waals surface area contributed by atoms with Gasteiger partial charge in [0.2, 0.25) is 0 Å². The highest BCUT2D eigenvalue weighted by Gasteiger charge is 2.17. The number of nitrogens with zero attached hydrogens (tertiary/aromatic N) is 3. The molecule has 0 saturated carbocycles. The van der Waals surface area contributed by atoms with Crippen molar-refractivity contribution in [3.05, 3.63) is 46.8 Å². The number of amides is 1. The number of nitrogen functional groups attached to an aromatic ring is 1. The van der Waals surface area contributed by atoms with Gasteiger partial charge in [0.25, 0.3) is 5.91 Å². The first-order valence-electron chi connectivity index (χ1n) is 6.09. The van der Waals surface area contributed by atoms with E-state index in [-0.39, 0.29) is 5.91 Å². The Kier molecular flexibility index (Phi) is 3.71. The van der Waals surface area contributed by atoms with Crippen LogP contribution in [-0.2, 0) is 13.6 Å². The predicted molar refractivity (Wildman–Crippen MR) is 74.7 cm³/mol. The van der Waals surface area contributed by atoms with Crippen molar-refractivity contribution in [2.24, 2.45) is 7.05 Å². The molecule has 1 heterocycles. The third kappa shape index (κ3) is 2.62. The normalized spacial score (nSPS) is 10.1. The van der Waals surface area contributed by atoms with E-state index in [1.165, 1.54) is 4.68 Å². The molecule has 0 radical (unpaired) electrons. The molecule has 1 aromatic heterocycles. The molecule has 0 saturated heterocycles. The number of anilines is 1. The summed E-state index contributed by atoms with van der Waals surface area (Å²) in [6, 6.07) is 9.14. The Balaban J connectivity index is 2.11. The zero-order chi connectivity index (χ0) is 14.7. The minimum atomic E-state index is -0.284. The van der Waals surface area contributed by atoms with Crippen molar-refractivity contribution in [1.29, 1.82) is 5.26 Å². The summed E-state index contributed by atoms with van der Waals surface area (Å²) in [6.45, 7) is 2.08. The molecule has 0 aliphatic carbocycles. The number of benzene rings is 1. The minimum absolute atomic E-state index is 0.284. The molecule has 0 aliphatic heterocycles. The van der Waals surface area contributed by atoms with Gasteiger partial charge < -0.3 is 11.1 Å². The van der Waals surface area contributed by atoms with Crippen LogP contribution in [0.1, 0.15) is 27.3 Å². The van der Waals surface area contributed by atoms with Crippen LogP contribution in [0.2, 0.25) is 0 Å². The Morgan fingerprint density at radius 3 is 2.90 bits per heavy atom. The topological polar surface area (TPSA) is 96.7 Å². The molecule has 2 rings (SSSR count). The summed E-state index contributed by atoms with van der Waals surface area (Å²) in [7, 11) is 1.68. The van der Waals surface area contributed by atoms with Gasteiger partial charge in [-0.25, -0.2) is 0 Å². The number of aromatic nitrogens is 2. The van der Waals surface area contributed by atoms with Crippen LogP contribution < -0.4 is 11.1 Å². The van der Waals surface area contributed by atoms with Gasteiger partial charge in [0.05, 0.1) is 23.0 Å². The van der Waals surface area contributed by atoms with E-state index in [9.17, 15) is 4.79 Å².